The fourth-order valence-electron chi connectivity index (χ4n) is 2.35. The van der Waals surface area contributed by atoms with Crippen LogP contribution in [0.2, 0.25) is 0 Å². The summed E-state index contributed by atoms with van der Waals surface area (Å²) in [5, 5.41) is 12.9. The first-order valence-corrected chi connectivity index (χ1v) is 7.75. The quantitative estimate of drug-likeness (QED) is 0.836. The SMILES string of the molecule is CCSc1cccc(NC(C)C2CCOC2)c1C#N. The van der Waals surface area contributed by atoms with Gasteiger partial charge in [-0.2, -0.15) is 5.26 Å². The number of thioether (sulfide) groups is 1. The molecule has 1 fully saturated rings. The van der Waals surface area contributed by atoms with E-state index in [-0.39, 0.29) is 0 Å². The van der Waals surface area contributed by atoms with Gasteiger partial charge >= 0.3 is 0 Å². The topological polar surface area (TPSA) is 45.0 Å². The first-order chi connectivity index (χ1) is 9.26. The van der Waals surface area contributed by atoms with Crippen molar-refractivity contribution in [3.8, 4) is 6.07 Å². The van der Waals surface area contributed by atoms with E-state index in [0.717, 1.165) is 41.5 Å². The minimum absolute atomic E-state index is 0.330. The van der Waals surface area contributed by atoms with Crippen LogP contribution in [-0.2, 0) is 4.74 Å². The maximum absolute atomic E-state index is 9.38. The van der Waals surface area contributed by atoms with Gasteiger partial charge in [-0.3, -0.25) is 0 Å². The van der Waals surface area contributed by atoms with Gasteiger partial charge in [0.2, 0.25) is 0 Å². The van der Waals surface area contributed by atoms with Crippen molar-refractivity contribution in [3.05, 3.63) is 23.8 Å². The van der Waals surface area contributed by atoms with E-state index in [1.807, 2.05) is 18.2 Å². The van der Waals surface area contributed by atoms with Gasteiger partial charge in [-0.05, 0) is 31.2 Å². The van der Waals surface area contributed by atoms with E-state index in [1.165, 1.54) is 0 Å². The average molecular weight is 276 g/mol. The Bertz CT molecular complexity index is 464. The largest absolute Gasteiger partial charge is 0.381 e. The van der Waals surface area contributed by atoms with Crippen LogP contribution in [0.25, 0.3) is 0 Å². The molecule has 4 heteroatoms. The molecular formula is C15H20N2OS. The van der Waals surface area contributed by atoms with Gasteiger partial charge < -0.3 is 10.1 Å². The second-order valence-electron chi connectivity index (χ2n) is 4.78. The highest BCUT2D eigenvalue weighted by Crippen LogP contribution is 2.29. The summed E-state index contributed by atoms with van der Waals surface area (Å²) in [7, 11) is 0. The number of nitrogens with zero attached hydrogens (tertiary/aromatic N) is 1. The first kappa shape index (κ1) is 14.2. The first-order valence-electron chi connectivity index (χ1n) is 6.76. The van der Waals surface area contributed by atoms with Gasteiger partial charge in [0.05, 0.1) is 17.9 Å². The molecule has 0 amide bonds. The molecule has 1 aromatic rings. The lowest BCUT2D eigenvalue weighted by Crippen LogP contribution is -2.26. The maximum Gasteiger partial charge on any atom is 0.102 e. The Balaban J connectivity index is 2.15. The molecule has 1 N–H and O–H groups in total. The molecule has 0 spiro atoms. The standard InChI is InChI=1S/C15H20N2OS/c1-3-19-15-6-4-5-14(13(15)9-16)17-11(2)12-7-8-18-10-12/h4-6,11-12,17H,3,7-8,10H2,1-2H3. The second-order valence-corrected chi connectivity index (χ2v) is 6.09. The minimum Gasteiger partial charge on any atom is -0.381 e. The van der Waals surface area contributed by atoms with Crippen molar-refractivity contribution in [1.82, 2.24) is 0 Å². The van der Waals surface area contributed by atoms with Crippen LogP contribution in [0.3, 0.4) is 0 Å². The fraction of sp³-hybridized carbons (Fsp3) is 0.533. The van der Waals surface area contributed by atoms with Crippen LogP contribution in [0.5, 0.6) is 0 Å². The molecule has 2 unspecified atom stereocenters. The van der Waals surface area contributed by atoms with Crippen molar-refractivity contribution in [1.29, 1.82) is 5.26 Å². The highest BCUT2D eigenvalue weighted by atomic mass is 32.2. The zero-order valence-corrected chi connectivity index (χ0v) is 12.3. The lowest BCUT2D eigenvalue weighted by Gasteiger charge is -2.21. The Morgan fingerprint density at radius 1 is 1.58 bits per heavy atom. The molecule has 1 heterocycles. The van der Waals surface area contributed by atoms with E-state index >= 15 is 0 Å². The third-order valence-electron chi connectivity index (χ3n) is 3.49. The van der Waals surface area contributed by atoms with Gasteiger partial charge in [0.15, 0.2) is 0 Å². The molecule has 3 nitrogen and oxygen atoms in total. The van der Waals surface area contributed by atoms with Gasteiger partial charge in [0.1, 0.15) is 6.07 Å². The Morgan fingerprint density at radius 2 is 2.42 bits per heavy atom. The van der Waals surface area contributed by atoms with Crippen LogP contribution in [0.15, 0.2) is 23.1 Å². The molecule has 0 aliphatic carbocycles. The van der Waals surface area contributed by atoms with E-state index in [9.17, 15) is 5.26 Å². The summed E-state index contributed by atoms with van der Waals surface area (Å²) >= 11 is 1.71. The van der Waals surface area contributed by atoms with Crippen LogP contribution >= 0.6 is 11.8 Å². The van der Waals surface area contributed by atoms with Crippen molar-refractivity contribution >= 4 is 17.4 Å². The minimum atomic E-state index is 0.330. The van der Waals surface area contributed by atoms with E-state index in [4.69, 9.17) is 4.74 Å². The molecule has 19 heavy (non-hydrogen) atoms. The number of nitriles is 1. The van der Waals surface area contributed by atoms with E-state index < -0.39 is 0 Å². The molecule has 0 radical (unpaired) electrons. The summed E-state index contributed by atoms with van der Waals surface area (Å²) in [6.45, 7) is 5.94. The highest BCUT2D eigenvalue weighted by Gasteiger charge is 2.23. The van der Waals surface area contributed by atoms with Crippen LogP contribution in [-0.4, -0.2) is 25.0 Å². The van der Waals surface area contributed by atoms with Gasteiger partial charge in [0, 0.05) is 23.5 Å². The van der Waals surface area contributed by atoms with Crippen molar-refractivity contribution in [2.75, 3.05) is 24.3 Å². The molecule has 0 bridgehead atoms. The van der Waals surface area contributed by atoms with Gasteiger partial charge in [-0.1, -0.05) is 13.0 Å². The summed E-state index contributed by atoms with van der Waals surface area (Å²) in [4.78, 5) is 1.06. The Hall–Kier alpha value is -1.18. The van der Waals surface area contributed by atoms with Crippen LogP contribution < -0.4 is 5.32 Å². The highest BCUT2D eigenvalue weighted by molar-refractivity contribution is 7.99. The van der Waals surface area contributed by atoms with E-state index in [1.54, 1.807) is 11.8 Å². The molecule has 0 aromatic heterocycles. The monoisotopic (exact) mass is 276 g/mol. The van der Waals surface area contributed by atoms with Crippen LogP contribution in [0, 0.1) is 17.2 Å². The van der Waals surface area contributed by atoms with Crippen LogP contribution in [0.4, 0.5) is 5.69 Å². The number of hydrogen-bond acceptors (Lipinski definition) is 4. The number of benzene rings is 1. The number of hydrogen-bond donors (Lipinski definition) is 1. The van der Waals surface area contributed by atoms with Gasteiger partial charge in [0.25, 0.3) is 0 Å². The Kier molecular flexibility index (Phi) is 5.12. The number of anilines is 1. The van der Waals surface area contributed by atoms with Gasteiger partial charge in [-0.15, -0.1) is 11.8 Å². The summed E-state index contributed by atoms with van der Waals surface area (Å²) < 4.78 is 5.43. The summed E-state index contributed by atoms with van der Waals surface area (Å²) in [6.07, 6.45) is 1.10. The number of ether oxygens (including phenoxy) is 1. The molecule has 1 aliphatic heterocycles. The second kappa shape index (κ2) is 6.83. The fourth-order valence-corrected chi connectivity index (χ4v) is 3.14. The van der Waals surface area contributed by atoms with Crippen LogP contribution in [0.1, 0.15) is 25.8 Å². The zero-order valence-electron chi connectivity index (χ0n) is 11.5. The predicted octanol–water partition coefficient (Wildman–Crippen LogP) is 3.51. The van der Waals surface area contributed by atoms with Gasteiger partial charge in [-0.25, -0.2) is 0 Å². The normalized spacial score (nSPS) is 19.9. The molecule has 102 valence electrons. The molecule has 1 aliphatic rings. The average Bonchev–Trinajstić information content (AvgIpc) is 2.93. The molecular weight excluding hydrogens is 256 g/mol. The maximum atomic E-state index is 9.38. The Morgan fingerprint density at radius 3 is 3.05 bits per heavy atom. The zero-order chi connectivity index (χ0) is 13.7. The molecule has 2 atom stereocenters. The summed E-state index contributed by atoms with van der Waals surface area (Å²) in [5.41, 5.74) is 1.71. The number of nitrogens with one attached hydrogen (secondary N) is 1. The van der Waals surface area contributed by atoms with E-state index in [2.05, 4.69) is 25.2 Å². The third kappa shape index (κ3) is 3.43. The summed E-state index contributed by atoms with van der Waals surface area (Å²) in [5.74, 6) is 1.51. The predicted molar refractivity (Wildman–Crippen MR) is 79.6 cm³/mol. The van der Waals surface area contributed by atoms with Crippen molar-refractivity contribution in [2.45, 2.75) is 31.2 Å². The summed E-state index contributed by atoms with van der Waals surface area (Å²) in [6, 6.07) is 8.68. The lowest BCUT2D eigenvalue weighted by molar-refractivity contribution is 0.183. The van der Waals surface area contributed by atoms with Crippen molar-refractivity contribution in [2.24, 2.45) is 5.92 Å². The molecule has 1 saturated heterocycles. The Labute approximate surface area is 119 Å². The number of rotatable bonds is 5. The molecule has 1 aromatic carbocycles. The lowest BCUT2D eigenvalue weighted by atomic mass is 10.00. The molecule has 0 saturated carbocycles. The smallest absolute Gasteiger partial charge is 0.102 e. The third-order valence-corrected chi connectivity index (χ3v) is 4.43. The van der Waals surface area contributed by atoms with E-state index in [0.29, 0.717) is 12.0 Å². The van der Waals surface area contributed by atoms with Crippen molar-refractivity contribution in [3.63, 3.8) is 0 Å². The van der Waals surface area contributed by atoms with Crippen molar-refractivity contribution < 1.29 is 4.74 Å². The molecule has 2 rings (SSSR count).